The number of anilines is 2. The quantitative estimate of drug-likeness (QED) is 0.900. The maximum atomic E-state index is 12.6. The fourth-order valence-corrected chi connectivity index (χ4v) is 3.59. The Labute approximate surface area is 149 Å². The first-order chi connectivity index (χ1) is 11.9. The number of hydrogen-bond donors (Lipinski definition) is 1. The second-order valence-corrected chi connectivity index (χ2v) is 6.95. The average molecular weight is 358 g/mol. The molecule has 3 rings (SSSR count). The van der Waals surface area contributed by atoms with Crippen LogP contribution in [0.25, 0.3) is 0 Å². The number of rotatable bonds is 3. The largest absolute Gasteiger partial charge is 0.324 e. The molecule has 2 amide bonds. The molecule has 0 fully saturated rings. The van der Waals surface area contributed by atoms with Crippen LogP contribution in [0.5, 0.6) is 0 Å². The Morgan fingerprint density at radius 1 is 1.32 bits per heavy atom. The Morgan fingerprint density at radius 3 is 2.80 bits per heavy atom. The third-order valence-electron chi connectivity index (χ3n) is 3.99. The number of carbonyl (C=O) groups is 2. The van der Waals surface area contributed by atoms with E-state index in [4.69, 9.17) is 0 Å². The molecule has 0 aliphatic carbocycles. The molecule has 25 heavy (non-hydrogen) atoms. The molecule has 0 unspecified atom stereocenters. The average Bonchev–Trinajstić information content (AvgIpc) is 2.56. The van der Waals surface area contributed by atoms with E-state index < -0.39 is 5.56 Å². The number of amides is 2. The van der Waals surface area contributed by atoms with Gasteiger partial charge in [0.05, 0.1) is 16.8 Å². The molecule has 0 spiro atoms. The van der Waals surface area contributed by atoms with Crippen molar-refractivity contribution in [2.75, 3.05) is 23.0 Å². The standard InChI is InChI=1S/C17H18N4O3S/c1-10-4-5-12(11(2)6-10)19-14(22)8-21-17(24)16-13(7-18-21)25-9-15(23)20(16)3/h4-7H,8-9H2,1-3H3,(H,19,22). The van der Waals surface area contributed by atoms with Gasteiger partial charge in [-0.1, -0.05) is 17.7 Å². The van der Waals surface area contributed by atoms with Crippen LogP contribution >= 0.6 is 11.8 Å². The van der Waals surface area contributed by atoms with E-state index in [9.17, 15) is 14.4 Å². The van der Waals surface area contributed by atoms with Crippen molar-refractivity contribution in [1.29, 1.82) is 0 Å². The molecule has 7 nitrogen and oxygen atoms in total. The summed E-state index contributed by atoms with van der Waals surface area (Å²) in [6, 6.07) is 5.70. The fourth-order valence-electron chi connectivity index (χ4n) is 2.63. The summed E-state index contributed by atoms with van der Waals surface area (Å²) in [4.78, 5) is 38.7. The third-order valence-corrected chi connectivity index (χ3v) is 5.00. The molecular formula is C17H18N4O3S. The van der Waals surface area contributed by atoms with Crippen LogP contribution in [-0.4, -0.2) is 34.4 Å². The lowest BCUT2D eigenvalue weighted by molar-refractivity contribution is -0.117. The summed E-state index contributed by atoms with van der Waals surface area (Å²) in [6.07, 6.45) is 1.52. The molecular weight excluding hydrogens is 340 g/mol. The molecule has 0 atom stereocenters. The van der Waals surface area contributed by atoms with Crippen molar-refractivity contribution in [2.24, 2.45) is 0 Å². The number of nitrogens with zero attached hydrogens (tertiary/aromatic N) is 3. The van der Waals surface area contributed by atoms with Crippen LogP contribution < -0.4 is 15.8 Å². The molecule has 1 aliphatic rings. The summed E-state index contributed by atoms with van der Waals surface area (Å²) < 4.78 is 1.08. The Bertz CT molecular complexity index is 923. The van der Waals surface area contributed by atoms with E-state index in [1.54, 1.807) is 7.05 Å². The third kappa shape index (κ3) is 3.43. The van der Waals surface area contributed by atoms with Crippen molar-refractivity contribution in [1.82, 2.24) is 9.78 Å². The highest BCUT2D eigenvalue weighted by atomic mass is 32.2. The zero-order valence-electron chi connectivity index (χ0n) is 14.2. The van der Waals surface area contributed by atoms with Gasteiger partial charge in [0.2, 0.25) is 11.8 Å². The van der Waals surface area contributed by atoms with Crippen LogP contribution in [0.2, 0.25) is 0 Å². The van der Waals surface area contributed by atoms with Gasteiger partial charge in [0.15, 0.2) is 0 Å². The van der Waals surface area contributed by atoms with Crippen molar-refractivity contribution in [3.8, 4) is 0 Å². The molecule has 1 aliphatic heterocycles. The van der Waals surface area contributed by atoms with Crippen LogP contribution in [0, 0.1) is 13.8 Å². The molecule has 0 radical (unpaired) electrons. The lowest BCUT2D eigenvalue weighted by Gasteiger charge is -2.24. The van der Waals surface area contributed by atoms with Gasteiger partial charge in [-0.25, -0.2) is 4.68 Å². The topological polar surface area (TPSA) is 84.3 Å². The highest BCUT2D eigenvalue weighted by Crippen LogP contribution is 2.30. The maximum Gasteiger partial charge on any atom is 0.292 e. The van der Waals surface area contributed by atoms with Crippen molar-refractivity contribution < 1.29 is 9.59 Å². The van der Waals surface area contributed by atoms with Crippen LogP contribution in [0.3, 0.4) is 0 Å². The lowest BCUT2D eigenvalue weighted by atomic mass is 10.1. The molecule has 1 aromatic carbocycles. The van der Waals surface area contributed by atoms with Gasteiger partial charge in [0.25, 0.3) is 5.56 Å². The van der Waals surface area contributed by atoms with E-state index in [2.05, 4.69) is 10.4 Å². The van der Waals surface area contributed by atoms with Crippen molar-refractivity contribution in [3.05, 3.63) is 45.9 Å². The normalized spacial score (nSPS) is 13.6. The predicted molar refractivity (Wildman–Crippen MR) is 97.2 cm³/mol. The molecule has 2 aromatic rings. The van der Waals surface area contributed by atoms with Crippen LogP contribution in [0.15, 0.2) is 34.1 Å². The molecule has 1 N–H and O–H groups in total. The second kappa shape index (κ2) is 6.72. The van der Waals surface area contributed by atoms with Gasteiger partial charge in [0, 0.05) is 12.7 Å². The molecule has 0 saturated carbocycles. The van der Waals surface area contributed by atoms with Gasteiger partial charge in [-0.2, -0.15) is 5.10 Å². The summed E-state index contributed by atoms with van der Waals surface area (Å²) in [7, 11) is 1.56. The molecule has 2 heterocycles. The molecule has 1 aromatic heterocycles. The zero-order chi connectivity index (χ0) is 18.1. The number of aryl methyl sites for hydroxylation is 2. The number of thioether (sulfide) groups is 1. The second-order valence-electron chi connectivity index (χ2n) is 5.93. The van der Waals surface area contributed by atoms with Crippen LogP contribution in [0.1, 0.15) is 11.1 Å². The van der Waals surface area contributed by atoms with Gasteiger partial charge in [-0.05, 0) is 25.5 Å². The van der Waals surface area contributed by atoms with E-state index in [0.717, 1.165) is 15.8 Å². The Morgan fingerprint density at radius 2 is 2.08 bits per heavy atom. The maximum absolute atomic E-state index is 12.6. The Balaban J connectivity index is 1.82. The summed E-state index contributed by atoms with van der Waals surface area (Å²) in [5.41, 5.74) is 2.57. The van der Waals surface area contributed by atoms with E-state index in [1.807, 2.05) is 32.0 Å². The highest BCUT2D eigenvalue weighted by Gasteiger charge is 2.26. The monoisotopic (exact) mass is 358 g/mol. The molecule has 130 valence electrons. The first kappa shape index (κ1) is 17.2. The summed E-state index contributed by atoms with van der Waals surface area (Å²) >= 11 is 1.28. The van der Waals surface area contributed by atoms with Crippen molar-refractivity contribution in [3.63, 3.8) is 0 Å². The first-order valence-corrected chi connectivity index (χ1v) is 8.72. The summed E-state index contributed by atoms with van der Waals surface area (Å²) in [5.74, 6) is -0.215. The van der Waals surface area contributed by atoms with Crippen molar-refractivity contribution in [2.45, 2.75) is 25.3 Å². The van der Waals surface area contributed by atoms with Crippen LogP contribution in [-0.2, 0) is 16.1 Å². The molecule has 8 heteroatoms. The van der Waals surface area contributed by atoms with Crippen LogP contribution in [0.4, 0.5) is 11.4 Å². The molecule has 0 saturated heterocycles. The van der Waals surface area contributed by atoms with E-state index in [-0.39, 0.29) is 29.8 Å². The number of aromatic nitrogens is 2. The van der Waals surface area contributed by atoms with Gasteiger partial charge >= 0.3 is 0 Å². The smallest absolute Gasteiger partial charge is 0.292 e. The Hall–Kier alpha value is -2.61. The minimum atomic E-state index is -0.448. The lowest BCUT2D eigenvalue weighted by Crippen LogP contribution is -2.40. The predicted octanol–water partition coefficient (Wildman–Crippen LogP) is 1.57. The minimum absolute atomic E-state index is 0.146. The zero-order valence-corrected chi connectivity index (χ0v) is 15.0. The fraction of sp³-hybridized carbons (Fsp3) is 0.294. The van der Waals surface area contributed by atoms with Gasteiger partial charge in [-0.3, -0.25) is 14.4 Å². The summed E-state index contributed by atoms with van der Waals surface area (Å²) in [5, 5.41) is 6.84. The van der Waals surface area contributed by atoms with E-state index >= 15 is 0 Å². The number of carbonyl (C=O) groups excluding carboxylic acids is 2. The van der Waals surface area contributed by atoms with Gasteiger partial charge in [0.1, 0.15) is 12.2 Å². The van der Waals surface area contributed by atoms with E-state index in [0.29, 0.717) is 10.6 Å². The Kier molecular flexibility index (Phi) is 4.63. The molecule has 0 bridgehead atoms. The number of hydrogen-bond acceptors (Lipinski definition) is 5. The van der Waals surface area contributed by atoms with Crippen molar-refractivity contribution >= 4 is 35.0 Å². The number of benzene rings is 1. The number of fused-ring (bicyclic) bond motifs is 1. The number of nitrogens with one attached hydrogen (secondary N) is 1. The minimum Gasteiger partial charge on any atom is -0.324 e. The summed E-state index contributed by atoms with van der Waals surface area (Å²) in [6.45, 7) is 3.67. The first-order valence-electron chi connectivity index (χ1n) is 7.73. The van der Waals surface area contributed by atoms with Gasteiger partial charge < -0.3 is 10.2 Å². The highest BCUT2D eigenvalue weighted by molar-refractivity contribution is 8.00. The van der Waals surface area contributed by atoms with Gasteiger partial charge in [-0.15, -0.1) is 11.8 Å². The SMILES string of the molecule is Cc1ccc(NC(=O)Cn2ncc3c(c2=O)N(C)C(=O)CS3)c(C)c1. The van der Waals surface area contributed by atoms with E-state index in [1.165, 1.54) is 22.9 Å².